The molecule has 0 aliphatic rings. The van der Waals surface area contributed by atoms with Crippen LogP contribution < -0.4 is 0 Å². The van der Waals surface area contributed by atoms with Crippen molar-refractivity contribution in [2.75, 3.05) is 5.75 Å². The van der Waals surface area contributed by atoms with Gasteiger partial charge in [-0.15, -0.1) is 11.8 Å². The average Bonchev–Trinajstić information content (AvgIpc) is 2.40. The van der Waals surface area contributed by atoms with Crippen LogP contribution in [0.4, 0.5) is 0 Å². The molecule has 1 nitrogen and oxygen atoms in total. The smallest absolute Gasteiger partial charge is 0.159 e. The molecule has 2 aromatic rings. The minimum absolute atomic E-state index is 0.125. The standard InChI is InChI=1S/C16H16OS/c1-13(17)15-8-5-9-16(12-15)18-11-10-14-6-3-2-4-7-14/h2-9,12H,10-11H2,1H3. The summed E-state index contributed by atoms with van der Waals surface area (Å²) in [6, 6.07) is 18.3. The maximum atomic E-state index is 11.3. The van der Waals surface area contributed by atoms with Gasteiger partial charge in [0.1, 0.15) is 0 Å². The van der Waals surface area contributed by atoms with E-state index < -0.39 is 0 Å². The number of Topliss-reactive ketones (excluding diaryl/α,β-unsaturated/α-hetero) is 1. The molecule has 0 spiro atoms. The average molecular weight is 256 g/mol. The number of carbonyl (C=O) groups excluding carboxylic acids is 1. The number of rotatable bonds is 5. The number of carbonyl (C=O) groups is 1. The number of aryl methyl sites for hydroxylation is 1. The molecule has 0 heterocycles. The first-order valence-electron chi connectivity index (χ1n) is 6.03. The van der Waals surface area contributed by atoms with Crippen molar-refractivity contribution in [2.45, 2.75) is 18.2 Å². The number of ketones is 1. The molecule has 0 saturated heterocycles. The lowest BCUT2D eigenvalue weighted by Gasteiger charge is -2.03. The summed E-state index contributed by atoms with van der Waals surface area (Å²) < 4.78 is 0. The van der Waals surface area contributed by atoms with Crippen LogP contribution in [0.15, 0.2) is 59.5 Å². The van der Waals surface area contributed by atoms with Gasteiger partial charge in [0.15, 0.2) is 5.78 Å². The molecule has 0 saturated carbocycles. The van der Waals surface area contributed by atoms with E-state index in [-0.39, 0.29) is 5.78 Å². The van der Waals surface area contributed by atoms with Crippen molar-refractivity contribution in [1.82, 2.24) is 0 Å². The summed E-state index contributed by atoms with van der Waals surface area (Å²) in [5.74, 6) is 1.16. The highest BCUT2D eigenvalue weighted by atomic mass is 32.2. The third kappa shape index (κ3) is 3.74. The summed E-state index contributed by atoms with van der Waals surface area (Å²) in [7, 11) is 0. The van der Waals surface area contributed by atoms with Crippen LogP contribution in [0.25, 0.3) is 0 Å². The summed E-state index contributed by atoms with van der Waals surface area (Å²) >= 11 is 1.79. The van der Waals surface area contributed by atoms with Gasteiger partial charge in [-0.3, -0.25) is 4.79 Å². The minimum Gasteiger partial charge on any atom is -0.295 e. The van der Waals surface area contributed by atoms with Crippen LogP contribution in [0.5, 0.6) is 0 Å². The normalized spacial score (nSPS) is 10.3. The number of thioether (sulfide) groups is 1. The number of benzene rings is 2. The Bertz CT molecular complexity index is 520. The topological polar surface area (TPSA) is 17.1 Å². The van der Waals surface area contributed by atoms with Gasteiger partial charge in [-0.05, 0) is 31.0 Å². The van der Waals surface area contributed by atoms with E-state index in [4.69, 9.17) is 0 Å². The number of hydrogen-bond donors (Lipinski definition) is 0. The molecular formula is C16H16OS. The molecule has 0 fully saturated rings. The van der Waals surface area contributed by atoms with E-state index in [1.165, 1.54) is 10.5 Å². The van der Waals surface area contributed by atoms with Crippen LogP contribution in [0.3, 0.4) is 0 Å². The van der Waals surface area contributed by atoms with Gasteiger partial charge in [0.2, 0.25) is 0 Å². The maximum absolute atomic E-state index is 11.3. The Morgan fingerprint density at radius 2 is 1.83 bits per heavy atom. The molecule has 92 valence electrons. The van der Waals surface area contributed by atoms with Gasteiger partial charge in [-0.1, -0.05) is 42.5 Å². The van der Waals surface area contributed by atoms with E-state index in [9.17, 15) is 4.79 Å². The summed E-state index contributed by atoms with van der Waals surface area (Å²) in [6.07, 6.45) is 1.05. The zero-order chi connectivity index (χ0) is 12.8. The first-order valence-corrected chi connectivity index (χ1v) is 7.02. The Balaban J connectivity index is 1.90. The lowest BCUT2D eigenvalue weighted by molar-refractivity contribution is 0.101. The summed E-state index contributed by atoms with van der Waals surface area (Å²) in [6.45, 7) is 1.60. The quantitative estimate of drug-likeness (QED) is 0.588. The fourth-order valence-corrected chi connectivity index (χ4v) is 2.69. The predicted molar refractivity (Wildman–Crippen MR) is 77.3 cm³/mol. The molecule has 0 bridgehead atoms. The maximum Gasteiger partial charge on any atom is 0.159 e. The first-order chi connectivity index (χ1) is 8.75. The highest BCUT2D eigenvalue weighted by Crippen LogP contribution is 2.20. The molecule has 0 aromatic heterocycles. The lowest BCUT2D eigenvalue weighted by Crippen LogP contribution is -1.92. The fourth-order valence-electron chi connectivity index (χ4n) is 1.74. The van der Waals surface area contributed by atoms with E-state index in [1.807, 2.05) is 24.3 Å². The van der Waals surface area contributed by atoms with Gasteiger partial charge >= 0.3 is 0 Å². The Morgan fingerprint density at radius 3 is 2.56 bits per heavy atom. The van der Waals surface area contributed by atoms with Crippen molar-refractivity contribution in [3.8, 4) is 0 Å². The molecule has 0 aliphatic carbocycles. The van der Waals surface area contributed by atoms with Crippen LogP contribution in [0.1, 0.15) is 22.8 Å². The highest BCUT2D eigenvalue weighted by Gasteiger charge is 2.01. The molecule has 0 N–H and O–H groups in total. The van der Waals surface area contributed by atoms with Gasteiger partial charge < -0.3 is 0 Å². The van der Waals surface area contributed by atoms with Gasteiger partial charge in [0.25, 0.3) is 0 Å². The Kier molecular flexibility index (Phi) is 4.59. The SMILES string of the molecule is CC(=O)c1cccc(SCCc2ccccc2)c1. The molecule has 18 heavy (non-hydrogen) atoms. The Hall–Kier alpha value is -1.54. The third-order valence-corrected chi connectivity index (χ3v) is 3.74. The van der Waals surface area contributed by atoms with Gasteiger partial charge in [0, 0.05) is 16.2 Å². The van der Waals surface area contributed by atoms with Crippen molar-refractivity contribution >= 4 is 17.5 Å². The summed E-state index contributed by atoms with van der Waals surface area (Å²) in [4.78, 5) is 12.4. The largest absolute Gasteiger partial charge is 0.295 e. The van der Waals surface area contributed by atoms with Crippen LogP contribution in [0.2, 0.25) is 0 Å². The predicted octanol–water partition coefficient (Wildman–Crippen LogP) is 4.22. The van der Waals surface area contributed by atoms with E-state index in [1.54, 1.807) is 18.7 Å². The lowest BCUT2D eigenvalue weighted by atomic mass is 10.2. The van der Waals surface area contributed by atoms with Crippen molar-refractivity contribution in [1.29, 1.82) is 0 Å². The fraction of sp³-hybridized carbons (Fsp3) is 0.188. The highest BCUT2D eigenvalue weighted by molar-refractivity contribution is 7.99. The van der Waals surface area contributed by atoms with E-state index in [2.05, 4.69) is 30.3 Å². The van der Waals surface area contributed by atoms with Crippen LogP contribution in [-0.2, 0) is 6.42 Å². The summed E-state index contributed by atoms with van der Waals surface area (Å²) in [5.41, 5.74) is 2.15. The van der Waals surface area contributed by atoms with Crippen molar-refractivity contribution in [2.24, 2.45) is 0 Å². The van der Waals surface area contributed by atoms with Crippen molar-refractivity contribution < 1.29 is 4.79 Å². The molecule has 0 aliphatic heterocycles. The van der Waals surface area contributed by atoms with Crippen LogP contribution in [-0.4, -0.2) is 11.5 Å². The number of hydrogen-bond acceptors (Lipinski definition) is 2. The van der Waals surface area contributed by atoms with Gasteiger partial charge in [-0.25, -0.2) is 0 Å². The van der Waals surface area contributed by atoms with Crippen molar-refractivity contribution in [3.05, 3.63) is 65.7 Å². The van der Waals surface area contributed by atoms with Gasteiger partial charge in [-0.2, -0.15) is 0 Å². The van der Waals surface area contributed by atoms with Gasteiger partial charge in [0.05, 0.1) is 0 Å². The minimum atomic E-state index is 0.125. The molecule has 0 radical (unpaired) electrons. The Labute approximate surface area is 112 Å². The summed E-state index contributed by atoms with van der Waals surface area (Å²) in [5, 5.41) is 0. The molecule has 2 rings (SSSR count). The molecule has 0 atom stereocenters. The second-order valence-electron chi connectivity index (χ2n) is 4.17. The zero-order valence-electron chi connectivity index (χ0n) is 10.4. The van der Waals surface area contributed by atoms with Crippen LogP contribution >= 0.6 is 11.8 Å². The zero-order valence-corrected chi connectivity index (χ0v) is 11.2. The van der Waals surface area contributed by atoms with E-state index in [0.717, 1.165) is 17.7 Å². The molecule has 2 heteroatoms. The second kappa shape index (κ2) is 6.41. The Morgan fingerprint density at radius 1 is 1.06 bits per heavy atom. The molecule has 0 amide bonds. The third-order valence-electron chi connectivity index (χ3n) is 2.74. The van der Waals surface area contributed by atoms with E-state index in [0.29, 0.717) is 0 Å². The van der Waals surface area contributed by atoms with Crippen LogP contribution in [0, 0.1) is 0 Å². The monoisotopic (exact) mass is 256 g/mol. The molecule has 2 aromatic carbocycles. The molecular weight excluding hydrogens is 240 g/mol. The second-order valence-corrected chi connectivity index (χ2v) is 5.34. The molecule has 0 unspecified atom stereocenters. The first kappa shape index (κ1) is 12.9. The van der Waals surface area contributed by atoms with E-state index >= 15 is 0 Å². The van der Waals surface area contributed by atoms with Crippen molar-refractivity contribution in [3.63, 3.8) is 0 Å².